The largest absolute Gasteiger partial charge is 0.454 e. The fourth-order valence-electron chi connectivity index (χ4n) is 3.85. The minimum absolute atomic E-state index is 0.481. The van der Waals surface area contributed by atoms with Crippen LogP contribution >= 0.6 is 0 Å². The summed E-state index contributed by atoms with van der Waals surface area (Å²) in [7, 11) is 0. The van der Waals surface area contributed by atoms with E-state index in [1.165, 1.54) is 22.3 Å². The average molecular weight is 384 g/mol. The average Bonchev–Trinajstić information content (AvgIpc) is 3.10. The molecule has 2 nitrogen and oxygen atoms in total. The second-order valence-electron chi connectivity index (χ2n) is 8.79. The number of hydrogen-bond acceptors (Lipinski definition) is 2. The molecule has 0 unspecified atom stereocenters. The van der Waals surface area contributed by atoms with E-state index in [0.29, 0.717) is 11.8 Å². The van der Waals surface area contributed by atoms with Gasteiger partial charge in [0.25, 0.3) is 0 Å². The highest BCUT2D eigenvalue weighted by atomic mass is 16.3. The van der Waals surface area contributed by atoms with Gasteiger partial charge in [-0.25, -0.2) is 0 Å². The van der Waals surface area contributed by atoms with Crippen LogP contribution in [0.3, 0.4) is 0 Å². The molecule has 0 fully saturated rings. The summed E-state index contributed by atoms with van der Waals surface area (Å²) >= 11 is 0. The fourth-order valence-corrected chi connectivity index (χ4v) is 3.85. The second kappa shape index (κ2) is 7.51. The maximum atomic E-state index is 6.20. The van der Waals surface area contributed by atoms with Crippen LogP contribution in [0.5, 0.6) is 0 Å². The van der Waals surface area contributed by atoms with Crippen molar-refractivity contribution >= 4 is 11.0 Å². The van der Waals surface area contributed by atoms with Crippen LogP contribution in [0.15, 0.2) is 59.1 Å². The highest BCUT2D eigenvalue weighted by molar-refractivity contribution is 5.85. The van der Waals surface area contributed by atoms with Gasteiger partial charge in [0.1, 0.15) is 5.76 Å². The maximum Gasteiger partial charge on any atom is 0.153 e. The molecule has 0 aliphatic rings. The lowest BCUT2D eigenvalue weighted by Gasteiger charge is -2.13. The molecule has 0 radical (unpaired) electrons. The molecule has 0 N–H and O–H groups in total. The van der Waals surface area contributed by atoms with Gasteiger partial charge in [0.15, 0.2) is 5.58 Å². The second-order valence-corrected chi connectivity index (χ2v) is 8.79. The number of aryl methyl sites for hydroxylation is 2. The molecule has 2 aromatic carbocycles. The van der Waals surface area contributed by atoms with E-state index in [2.05, 4.69) is 95.1 Å². The van der Waals surface area contributed by atoms with E-state index < -0.39 is 0 Å². The zero-order valence-corrected chi connectivity index (χ0v) is 18.2. The summed E-state index contributed by atoms with van der Waals surface area (Å²) in [6, 6.07) is 17.7. The van der Waals surface area contributed by atoms with Crippen molar-refractivity contribution in [1.29, 1.82) is 0 Å². The third kappa shape index (κ3) is 3.98. The van der Waals surface area contributed by atoms with Crippen molar-refractivity contribution in [2.75, 3.05) is 0 Å². The van der Waals surface area contributed by atoms with Gasteiger partial charge in [0.2, 0.25) is 0 Å². The maximum absolute atomic E-state index is 6.20. The highest BCUT2D eigenvalue weighted by Crippen LogP contribution is 2.34. The quantitative estimate of drug-likeness (QED) is 0.356. The Balaban J connectivity index is 1.80. The molecule has 0 saturated carbocycles. The van der Waals surface area contributed by atoms with Gasteiger partial charge in [-0.15, -0.1) is 0 Å². The Labute approximate surface area is 173 Å². The molecule has 0 amide bonds. The van der Waals surface area contributed by atoms with Crippen LogP contribution in [0.1, 0.15) is 61.8 Å². The number of aromatic nitrogens is 1. The van der Waals surface area contributed by atoms with Gasteiger partial charge in [-0.2, -0.15) is 0 Å². The van der Waals surface area contributed by atoms with E-state index in [4.69, 9.17) is 4.42 Å². The molecule has 0 aliphatic carbocycles. The van der Waals surface area contributed by atoms with Crippen molar-refractivity contribution in [1.82, 2.24) is 4.98 Å². The molecule has 4 aromatic rings. The molecule has 2 aromatic heterocycles. The van der Waals surface area contributed by atoms with Crippen LogP contribution in [0.4, 0.5) is 0 Å². The Kier molecular flexibility index (Phi) is 5.04. The fraction of sp³-hybridized carbons (Fsp3) is 0.296. The number of fused-ring (bicyclic) bond motifs is 1. The third-order valence-electron chi connectivity index (χ3n) is 5.52. The minimum atomic E-state index is 0.481. The Morgan fingerprint density at radius 1 is 0.690 bits per heavy atom. The number of furan rings is 1. The third-order valence-corrected chi connectivity index (χ3v) is 5.52. The summed E-state index contributed by atoms with van der Waals surface area (Å²) in [6.07, 6.45) is 1.85. The first-order chi connectivity index (χ1) is 13.8. The Morgan fingerprint density at radius 3 is 1.90 bits per heavy atom. The van der Waals surface area contributed by atoms with Crippen molar-refractivity contribution in [2.24, 2.45) is 0 Å². The number of benzene rings is 2. The summed E-state index contributed by atoms with van der Waals surface area (Å²) < 4.78 is 6.20. The highest BCUT2D eigenvalue weighted by Gasteiger charge is 2.13. The van der Waals surface area contributed by atoms with Crippen LogP contribution in [0.25, 0.3) is 33.6 Å². The zero-order chi connectivity index (χ0) is 20.7. The number of nitrogens with zero attached hydrogens (tertiary/aromatic N) is 1. The van der Waals surface area contributed by atoms with Crippen molar-refractivity contribution < 1.29 is 4.42 Å². The van der Waals surface area contributed by atoms with E-state index in [1.54, 1.807) is 0 Å². The van der Waals surface area contributed by atoms with Gasteiger partial charge >= 0.3 is 0 Å². The van der Waals surface area contributed by atoms with E-state index >= 15 is 0 Å². The predicted octanol–water partition coefficient (Wildman–Crippen LogP) is 8.03. The summed E-state index contributed by atoms with van der Waals surface area (Å²) in [6.45, 7) is 13.2. The molecule has 0 saturated heterocycles. The van der Waals surface area contributed by atoms with Gasteiger partial charge < -0.3 is 4.42 Å². The van der Waals surface area contributed by atoms with Crippen LogP contribution in [0, 0.1) is 13.8 Å². The lowest BCUT2D eigenvalue weighted by Crippen LogP contribution is -1.94. The van der Waals surface area contributed by atoms with Crippen molar-refractivity contribution in [2.45, 2.75) is 53.4 Å². The standard InChI is InChI=1S/C27H29NO/c1-16(2)20-10-21(17(3)4)12-23(11-20)26-14-24-13-25(28-15-27(24)29-26)22-8-18(5)7-19(6)9-22/h7-17H,1-6H3. The normalized spacial score (nSPS) is 11.7. The van der Waals surface area contributed by atoms with Crippen molar-refractivity contribution in [3.63, 3.8) is 0 Å². The van der Waals surface area contributed by atoms with E-state index in [9.17, 15) is 0 Å². The van der Waals surface area contributed by atoms with Gasteiger partial charge in [0.05, 0.1) is 11.9 Å². The topological polar surface area (TPSA) is 26.0 Å². The molecule has 148 valence electrons. The number of rotatable bonds is 4. The van der Waals surface area contributed by atoms with Crippen LogP contribution < -0.4 is 0 Å². The molecular formula is C27H29NO. The van der Waals surface area contributed by atoms with Gasteiger partial charge in [-0.05, 0) is 73.2 Å². The van der Waals surface area contributed by atoms with Gasteiger partial charge in [-0.3, -0.25) is 4.98 Å². The molecule has 2 heteroatoms. The SMILES string of the molecule is Cc1cc(C)cc(-c2cc3cc(-c4cc(C(C)C)cc(C(C)C)c4)oc3cn2)c1. The lowest BCUT2D eigenvalue weighted by molar-refractivity contribution is 0.629. The Morgan fingerprint density at radius 2 is 1.31 bits per heavy atom. The molecule has 29 heavy (non-hydrogen) atoms. The first-order valence-electron chi connectivity index (χ1n) is 10.4. The van der Waals surface area contributed by atoms with Crippen LogP contribution in [-0.4, -0.2) is 4.98 Å². The zero-order valence-electron chi connectivity index (χ0n) is 18.2. The predicted molar refractivity (Wildman–Crippen MR) is 123 cm³/mol. The molecule has 0 atom stereocenters. The lowest BCUT2D eigenvalue weighted by atomic mass is 9.92. The summed E-state index contributed by atoms with van der Waals surface area (Å²) in [4.78, 5) is 4.66. The first-order valence-corrected chi connectivity index (χ1v) is 10.4. The van der Waals surface area contributed by atoms with Crippen molar-refractivity contribution in [3.05, 3.63) is 77.0 Å². The molecule has 0 spiro atoms. The van der Waals surface area contributed by atoms with E-state index in [-0.39, 0.29) is 0 Å². The molecule has 0 aliphatic heterocycles. The van der Waals surface area contributed by atoms with Gasteiger partial charge in [0, 0.05) is 16.5 Å². The summed E-state index contributed by atoms with van der Waals surface area (Å²) in [5.41, 5.74) is 9.30. The number of pyridine rings is 1. The van der Waals surface area contributed by atoms with Crippen molar-refractivity contribution in [3.8, 4) is 22.6 Å². The Hall–Kier alpha value is -2.87. The molecule has 2 heterocycles. The first kappa shape index (κ1) is 19.4. The smallest absolute Gasteiger partial charge is 0.153 e. The minimum Gasteiger partial charge on any atom is -0.454 e. The molecule has 0 bridgehead atoms. The van der Waals surface area contributed by atoms with Gasteiger partial charge in [-0.1, -0.05) is 51.0 Å². The van der Waals surface area contributed by atoms with E-state index in [1.807, 2.05) is 6.20 Å². The molecular weight excluding hydrogens is 354 g/mol. The van der Waals surface area contributed by atoms with E-state index in [0.717, 1.165) is 33.6 Å². The Bertz CT molecular complexity index is 1130. The van der Waals surface area contributed by atoms with Crippen LogP contribution in [-0.2, 0) is 0 Å². The summed E-state index contributed by atoms with van der Waals surface area (Å²) in [5, 5.41) is 1.09. The monoisotopic (exact) mass is 383 g/mol. The van der Waals surface area contributed by atoms with Crippen LogP contribution in [0.2, 0.25) is 0 Å². The number of hydrogen-bond donors (Lipinski definition) is 0. The summed E-state index contributed by atoms with van der Waals surface area (Å²) in [5.74, 6) is 1.87. The molecule has 4 rings (SSSR count).